The van der Waals surface area contributed by atoms with E-state index in [9.17, 15) is 9.59 Å². The third-order valence-corrected chi connectivity index (χ3v) is 4.55. The van der Waals surface area contributed by atoms with Gasteiger partial charge in [0.1, 0.15) is 0 Å². The number of carbonyl (C=O) groups excluding carboxylic acids is 2. The lowest BCUT2D eigenvalue weighted by Gasteiger charge is -2.11. The molecule has 0 saturated carbocycles. The van der Waals surface area contributed by atoms with E-state index in [0.717, 1.165) is 11.1 Å². The number of hydrogen-bond acceptors (Lipinski definition) is 3. The Bertz CT molecular complexity index is 855. The highest BCUT2D eigenvalue weighted by atomic mass is 35.5. The Morgan fingerprint density at radius 3 is 2.54 bits per heavy atom. The molecule has 0 saturated heterocycles. The standard InChI is InChI=1S/C19H16Cl3NO3/c1-11-8-12(2)19(15(21)9-11)23-16(24)10-26-17(25)7-6-13-4-3-5-14(20)18(13)22/h3-9H,10H2,1-2H3,(H,23,24)/b7-6+. The van der Waals surface area contributed by atoms with Gasteiger partial charge >= 0.3 is 5.97 Å². The molecule has 26 heavy (non-hydrogen) atoms. The molecule has 0 aliphatic rings. The fourth-order valence-corrected chi connectivity index (χ4v) is 2.98. The van der Waals surface area contributed by atoms with Gasteiger partial charge in [-0.05, 0) is 48.7 Å². The van der Waals surface area contributed by atoms with Crippen LogP contribution < -0.4 is 5.32 Å². The van der Waals surface area contributed by atoms with Gasteiger partial charge in [0.25, 0.3) is 5.91 Å². The van der Waals surface area contributed by atoms with Crippen LogP contribution in [-0.2, 0) is 14.3 Å². The van der Waals surface area contributed by atoms with Crippen molar-refractivity contribution in [3.8, 4) is 0 Å². The second-order valence-corrected chi connectivity index (χ2v) is 6.76. The summed E-state index contributed by atoms with van der Waals surface area (Å²) in [5.41, 5.74) is 2.88. The van der Waals surface area contributed by atoms with Crippen molar-refractivity contribution < 1.29 is 14.3 Å². The zero-order valence-electron chi connectivity index (χ0n) is 14.1. The summed E-state index contributed by atoms with van der Waals surface area (Å²) < 4.78 is 4.91. The number of aryl methyl sites for hydroxylation is 2. The van der Waals surface area contributed by atoms with Crippen molar-refractivity contribution in [2.45, 2.75) is 13.8 Å². The van der Waals surface area contributed by atoms with E-state index in [1.54, 1.807) is 24.3 Å². The van der Waals surface area contributed by atoms with Crippen molar-refractivity contribution in [2.24, 2.45) is 0 Å². The summed E-state index contributed by atoms with van der Waals surface area (Å²) in [4.78, 5) is 23.7. The molecule has 0 aliphatic heterocycles. The number of nitrogens with one attached hydrogen (secondary N) is 1. The Labute approximate surface area is 166 Å². The summed E-state index contributed by atoms with van der Waals surface area (Å²) >= 11 is 18.1. The van der Waals surface area contributed by atoms with Gasteiger partial charge in [0.15, 0.2) is 6.61 Å². The van der Waals surface area contributed by atoms with Crippen molar-refractivity contribution in [2.75, 3.05) is 11.9 Å². The van der Waals surface area contributed by atoms with Gasteiger partial charge in [-0.3, -0.25) is 4.79 Å². The molecule has 7 heteroatoms. The second-order valence-electron chi connectivity index (χ2n) is 5.57. The number of amides is 1. The lowest BCUT2D eigenvalue weighted by atomic mass is 10.1. The number of halogens is 3. The molecule has 1 amide bonds. The normalized spacial score (nSPS) is 10.8. The van der Waals surface area contributed by atoms with Gasteiger partial charge in [0.2, 0.25) is 0 Å². The van der Waals surface area contributed by atoms with E-state index in [4.69, 9.17) is 39.5 Å². The van der Waals surface area contributed by atoms with Crippen molar-refractivity contribution in [1.82, 2.24) is 0 Å². The molecule has 4 nitrogen and oxygen atoms in total. The minimum atomic E-state index is -0.678. The average Bonchev–Trinajstić information content (AvgIpc) is 2.57. The van der Waals surface area contributed by atoms with Gasteiger partial charge in [0.05, 0.1) is 20.8 Å². The predicted octanol–water partition coefficient (Wildman–Crippen LogP) is 5.46. The van der Waals surface area contributed by atoms with Crippen molar-refractivity contribution in [1.29, 1.82) is 0 Å². The maximum Gasteiger partial charge on any atom is 0.331 e. The highest BCUT2D eigenvalue weighted by Crippen LogP contribution is 2.27. The highest BCUT2D eigenvalue weighted by molar-refractivity contribution is 6.42. The second kappa shape index (κ2) is 9.08. The maximum atomic E-state index is 12.0. The van der Waals surface area contributed by atoms with E-state index in [2.05, 4.69) is 5.32 Å². The van der Waals surface area contributed by atoms with E-state index in [0.29, 0.717) is 26.3 Å². The summed E-state index contributed by atoms with van der Waals surface area (Å²) in [5, 5.41) is 3.78. The Morgan fingerprint density at radius 1 is 1.12 bits per heavy atom. The van der Waals surface area contributed by atoms with Crippen molar-refractivity contribution in [3.05, 3.63) is 68.2 Å². The molecule has 0 atom stereocenters. The van der Waals surface area contributed by atoms with Gasteiger partial charge in [-0.15, -0.1) is 0 Å². The van der Waals surface area contributed by atoms with Crippen LogP contribution in [0.4, 0.5) is 5.69 Å². The lowest BCUT2D eigenvalue weighted by molar-refractivity contribution is -0.142. The molecule has 0 heterocycles. The van der Waals surface area contributed by atoms with Crippen LogP contribution in [0.3, 0.4) is 0 Å². The molecule has 0 radical (unpaired) electrons. The SMILES string of the molecule is Cc1cc(C)c(NC(=O)COC(=O)/C=C/c2cccc(Cl)c2Cl)c(Cl)c1. The van der Waals surface area contributed by atoms with Gasteiger partial charge in [-0.2, -0.15) is 0 Å². The van der Waals surface area contributed by atoms with Gasteiger partial charge in [-0.25, -0.2) is 4.79 Å². The largest absolute Gasteiger partial charge is 0.452 e. The number of esters is 1. The summed E-state index contributed by atoms with van der Waals surface area (Å²) in [6.45, 7) is 3.30. The number of ether oxygens (including phenoxy) is 1. The molecular formula is C19H16Cl3NO3. The zero-order valence-corrected chi connectivity index (χ0v) is 16.4. The maximum absolute atomic E-state index is 12.0. The molecule has 2 aromatic carbocycles. The molecule has 2 aromatic rings. The first kappa shape index (κ1) is 20.3. The Hall–Kier alpha value is -2.01. The molecule has 0 unspecified atom stereocenters. The van der Waals surface area contributed by atoms with Crippen LogP contribution >= 0.6 is 34.8 Å². The first-order valence-corrected chi connectivity index (χ1v) is 8.76. The quantitative estimate of drug-likeness (QED) is 0.524. The first-order chi connectivity index (χ1) is 12.3. The van der Waals surface area contributed by atoms with Crippen LogP contribution in [0.25, 0.3) is 6.08 Å². The fourth-order valence-electron chi connectivity index (χ4n) is 2.24. The van der Waals surface area contributed by atoms with Crippen molar-refractivity contribution in [3.63, 3.8) is 0 Å². The molecule has 0 bridgehead atoms. The van der Waals surface area contributed by atoms with Crippen LogP contribution in [0.2, 0.25) is 15.1 Å². The minimum absolute atomic E-state index is 0.334. The number of carbonyl (C=O) groups is 2. The molecule has 0 spiro atoms. The van der Waals surface area contributed by atoms with Gasteiger partial charge in [0, 0.05) is 6.08 Å². The van der Waals surface area contributed by atoms with Gasteiger partial charge in [-0.1, -0.05) is 53.0 Å². The van der Waals surface area contributed by atoms with Crippen LogP contribution in [0.5, 0.6) is 0 Å². The third kappa shape index (κ3) is 5.49. The van der Waals surface area contributed by atoms with Gasteiger partial charge < -0.3 is 10.1 Å². The molecule has 0 aliphatic carbocycles. The fraction of sp³-hybridized carbons (Fsp3) is 0.158. The Balaban J connectivity index is 1.92. The Kier molecular flexibility index (Phi) is 7.09. The van der Waals surface area contributed by atoms with Crippen LogP contribution in [-0.4, -0.2) is 18.5 Å². The number of hydrogen-bond donors (Lipinski definition) is 1. The number of anilines is 1. The summed E-state index contributed by atoms with van der Waals surface area (Å²) in [7, 11) is 0. The highest BCUT2D eigenvalue weighted by Gasteiger charge is 2.11. The predicted molar refractivity (Wildman–Crippen MR) is 106 cm³/mol. The molecule has 2 rings (SSSR count). The third-order valence-electron chi connectivity index (χ3n) is 3.42. The van der Waals surface area contributed by atoms with E-state index in [1.165, 1.54) is 12.2 Å². The van der Waals surface area contributed by atoms with E-state index in [-0.39, 0.29) is 0 Å². The molecular weight excluding hydrogens is 397 g/mol. The monoisotopic (exact) mass is 411 g/mol. The van der Waals surface area contributed by atoms with E-state index in [1.807, 2.05) is 19.9 Å². The zero-order chi connectivity index (χ0) is 19.3. The van der Waals surface area contributed by atoms with E-state index < -0.39 is 18.5 Å². The van der Waals surface area contributed by atoms with Crippen molar-refractivity contribution >= 4 is 58.4 Å². The number of rotatable bonds is 5. The first-order valence-electron chi connectivity index (χ1n) is 7.63. The number of benzene rings is 2. The lowest BCUT2D eigenvalue weighted by Crippen LogP contribution is -2.20. The summed E-state index contributed by atoms with van der Waals surface area (Å²) in [5.74, 6) is -1.16. The molecule has 136 valence electrons. The van der Waals surface area contributed by atoms with Crippen LogP contribution in [0, 0.1) is 13.8 Å². The molecule has 1 N–H and O–H groups in total. The van der Waals surface area contributed by atoms with Crippen LogP contribution in [0.15, 0.2) is 36.4 Å². The average molecular weight is 413 g/mol. The topological polar surface area (TPSA) is 55.4 Å². The summed E-state index contributed by atoms with van der Waals surface area (Å²) in [6, 6.07) is 8.69. The van der Waals surface area contributed by atoms with E-state index >= 15 is 0 Å². The minimum Gasteiger partial charge on any atom is -0.452 e. The molecule has 0 aromatic heterocycles. The smallest absolute Gasteiger partial charge is 0.331 e. The Morgan fingerprint density at radius 2 is 1.85 bits per heavy atom. The molecule has 0 fully saturated rings. The summed E-state index contributed by atoms with van der Waals surface area (Å²) in [6.07, 6.45) is 2.64. The van der Waals surface area contributed by atoms with Crippen LogP contribution in [0.1, 0.15) is 16.7 Å².